The number of nitrogens with zero attached hydrogens (tertiary/aromatic N) is 6. The van der Waals surface area contributed by atoms with Crippen molar-refractivity contribution in [2.24, 2.45) is 4.99 Å². The van der Waals surface area contributed by atoms with E-state index in [0.29, 0.717) is 10.4 Å². The van der Waals surface area contributed by atoms with Crippen molar-refractivity contribution < 1.29 is 14.4 Å². The summed E-state index contributed by atoms with van der Waals surface area (Å²) in [5.74, 6) is -1.64. The lowest BCUT2D eigenvalue weighted by atomic mass is 10.1. The van der Waals surface area contributed by atoms with Gasteiger partial charge in [-0.25, -0.2) is 14.5 Å². The predicted octanol–water partition coefficient (Wildman–Crippen LogP) is 0.0617. The fourth-order valence-electron chi connectivity index (χ4n) is 3.83. The molecule has 2 aromatic rings. The Bertz CT molecular complexity index is 1110. The minimum atomic E-state index is -2.17. The highest BCUT2D eigenvalue weighted by atomic mass is 32.2. The Morgan fingerprint density at radius 3 is 2.45 bits per heavy atom. The second-order valence-electron chi connectivity index (χ2n) is 7.62. The first-order valence-electron chi connectivity index (χ1n) is 9.83. The molecular weight excluding hydrogens is 424 g/mol. The normalized spacial score (nSPS) is 20.5. The molecule has 1 spiro atoms. The van der Waals surface area contributed by atoms with Crippen LogP contribution >= 0.6 is 11.8 Å². The summed E-state index contributed by atoms with van der Waals surface area (Å²) in [7, 11) is 0. The fourth-order valence-corrected chi connectivity index (χ4v) is 5.02. The maximum absolute atomic E-state index is 12.8. The van der Waals surface area contributed by atoms with Gasteiger partial charge in [-0.1, -0.05) is 24.6 Å². The second kappa shape index (κ2) is 7.08. The van der Waals surface area contributed by atoms with Gasteiger partial charge in [-0.15, -0.1) is 10.2 Å². The van der Waals surface area contributed by atoms with Crippen molar-refractivity contribution in [3.63, 3.8) is 0 Å². The monoisotopic (exact) mass is 444 g/mol. The Morgan fingerprint density at radius 2 is 1.81 bits per heavy atom. The van der Waals surface area contributed by atoms with Gasteiger partial charge in [0.05, 0.1) is 5.69 Å². The molecule has 14 heteroatoms. The van der Waals surface area contributed by atoms with Crippen molar-refractivity contribution in [3.8, 4) is 0 Å². The zero-order valence-corrected chi connectivity index (χ0v) is 17.6. The highest BCUT2D eigenvalue weighted by molar-refractivity contribution is 7.99. The number of carbonyl (C=O) groups excluding carboxylic acids is 3. The molecule has 0 atom stereocenters. The van der Waals surface area contributed by atoms with Gasteiger partial charge in [0.25, 0.3) is 17.5 Å². The van der Waals surface area contributed by atoms with E-state index < -0.39 is 23.5 Å². The molecule has 2 aliphatic heterocycles. The molecule has 0 radical (unpaired) electrons. The van der Waals surface area contributed by atoms with Crippen LogP contribution in [0.15, 0.2) is 16.2 Å². The summed E-state index contributed by atoms with van der Waals surface area (Å²) in [6.45, 7) is 3.64. The van der Waals surface area contributed by atoms with Gasteiger partial charge < -0.3 is 5.32 Å². The number of carbonyl (C=O) groups is 3. The average molecular weight is 444 g/mol. The highest BCUT2D eigenvalue weighted by Gasteiger charge is 2.53. The number of urea groups is 1. The van der Waals surface area contributed by atoms with Gasteiger partial charge in [-0.2, -0.15) is 9.77 Å². The first-order valence-corrected chi connectivity index (χ1v) is 10.7. The molecule has 1 saturated carbocycles. The SMILES string of the molecule is Cc1cc(C)n(C2=NC3(Nc4nnc(SC5CCCC5)n4N2)C(=O)NC(=O)NC3=O)n1. The number of rotatable bonds is 2. The van der Waals surface area contributed by atoms with Gasteiger partial charge in [0.1, 0.15) is 0 Å². The first-order chi connectivity index (χ1) is 14.9. The van der Waals surface area contributed by atoms with Gasteiger partial charge in [-0.3, -0.25) is 25.6 Å². The third kappa shape index (κ3) is 3.22. The van der Waals surface area contributed by atoms with E-state index in [1.54, 1.807) is 16.4 Å². The molecule has 1 aliphatic carbocycles. The summed E-state index contributed by atoms with van der Waals surface area (Å²) >= 11 is 1.57. The van der Waals surface area contributed by atoms with Crippen molar-refractivity contribution in [1.82, 2.24) is 35.3 Å². The largest absolute Gasteiger partial charge is 0.328 e. The number of anilines is 1. The molecule has 4 N–H and O–H groups in total. The van der Waals surface area contributed by atoms with Crippen LogP contribution in [0.2, 0.25) is 0 Å². The third-order valence-corrected chi connectivity index (χ3v) is 6.59. The molecule has 2 aromatic heterocycles. The molecule has 0 bridgehead atoms. The van der Waals surface area contributed by atoms with Crippen LogP contribution in [-0.4, -0.2) is 59.4 Å². The predicted molar refractivity (Wildman–Crippen MR) is 110 cm³/mol. The topological polar surface area (TPSA) is 160 Å². The number of aryl methyl sites for hydroxylation is 2. The van der Waals surface area contributed by atoms with Crippen LogP contribution in [0.25, 0.3) is 0 Å². The molecule has 31 heavy (non-hydrogen) atoms. The molecule has 13 nitrogen and oxygen atoms in total. The number of imide groups is 2. The van der Waals surface area contributed by atoms with Crippen molar-refractivity contribution in [1.29, 1.82) is 0 Å². The molecular formula is C17H20N10O3S. The fraction of sp³-hybridized carbons (Fsp3) is 0.471. The van der Waals surface area contributed by atoms with Crippen LogP contribution in [0.3, 0.4) is 0 Å². The Hall–Kier alpha value is -3.42. The van der Waals surface area contributed by atoms with E-state index in [9.17, 15) is 14.4 Å². The second-order valence-corrected chi connectivity index (χ2v) is 8.89. The maximum Gasteiger partial charge on any atom is 0.328 e. The van der Waals surface area contributed by atoms with Crippen molar-refractivity contribution in [2.75, 3.05) is 10.7 Å². The first kappa shape index (κ1) is 19.5. The van der Waals surface area contributed by atoms with E-state index in [-0.39, 0.29) is 11.9 Å². The number of aromatic nitrogens is 5. The van der Waals surface area contributed by atoms with E-state index in [1.807, 2.05) is 19.9 Å². The van der Waals surface area contributed by atoms with Crippen molar-refractivity contribution in [3.05, 3.63) is 17.5 Å². The zero-order chi connectivity index (χ0) is 21.8. The number of amides is 4. The van der Waals surface area contributed by atoms with Crippen LogP contribution in [0, 0.1) is 13.8 Å². The smallest absolute Gasteiger partial charge is 0.313 e. The molecule has 4 heterocycles. The number of barbiturate groups is 1. The number of thioether (sulfide) groups is 1. The number of fused-ring (bicyclic) bond motifs is 1. The summed E-state index contributed by atoms with van der Waals surface area (Å²) < 4.78 is 3.03. The third-order valence-electron chi connectivity index (χ3n) is 5.31. The number of nitrogens with one attached hydrogen (secondary N) is 4. The highest BCUT2D eigenvalue weighted by Crippen LogP contribution is 2.35. The van der Waals surface area contributed by atoms with E-state index in [0.717, 1.165) is 24.2 Å². The summed E-state index contributed by atoms with van der Waals surface area (Å²) in [6, 6.07) is 0.919. The van der Waals surface area contributed by atoms with Crippen molar-refractivity contribution >= 4 is 41.5 Å². The quantitative estimate of drug-likeness (QED) is 0.470. The van der Waals surface area contributed by atoms with E-state index in [4.69, 9.17) is 0 Å². The van der Waals surface area contributed by atoms with Crippen LogP contribution in [0.4, 0.5) is 10.7 Å². The lowest BCUT2D eigenvalue weighted by Crippen LogP contribution is -2.69. The van der Waals surface area contributed by atoms with Gasteiger partial charge in [-0.05, 0) is 32.8 Å². The summed E-state index contributed by atoms with van der Waals surface area (Å²) in [4.78, 5) is 41.7. The summed E-state index contributed by atoms with van der Waals surface area (Å²) in [6.07, 6.45) is 4.49. The average Bonchev–Trinajstić information content (AvgIpc) is 3.39. The molecule has 4 amide bonds. The number of aliphatic imine (C=N–C) groups is 1. The van der Waals surface area contributed by atoms with Crippen LogP contribution < -0.4 is 21.4 Å². The molecule has 2 fully saturated rings. The van der Waals surface area contributed by atoms with Crippen LogP contribution in [0.5, 0.6) is 0 Å². The van der Waals surface area contributed by atoms with Gasteiger partial charge in [0, 0.05) is 10.9 Å². The Labute approximate surface area is 180 Å². The minimum Gasteiger partial charge on any atom is -0.313 e. The van der Waals surface area contributed by atoms with Crippen molar-refractivity contribution in [2.45, 2.75) is 55.6 Å². The summed E-state index contributed by atoms with van der Waals surface area (Å²) in [5.41, 5.74) is 2.38. The molecule has 3 aliphatic rings. The van der Waals surface area contributed by atoms with Gasteiger partial charge in [0.15, 0.2) is 0 Å². The van der Waals surface area contributed by atoms with E-state index >= 15 is 0 Å². The maximum atomic E-state index is 12.8. The molecule has 162 valence electrons. The van der Waals surface area contributed by atoms with E-state index in [1.165, 1.54) is 17.5 Å². The molecule has 1 saturated heterocycles. The zero-order valence-electron chi connectivity index (χ0n) is 16.8. The lowest BCUT2D eigenvalue weighted by molar-refractivity contribution is -0.136. The number of hydrogen-bond acceptors (Lipinski definition) is 10. The van der Waals surface area contributed by atoms with Crippen LogP contribution in [-0.2, 0) is 9.59 Å². The van der Waals surface area contributed by atoms with Gasteiger partial charge >= 0.3 is 6.03 Å². The molecule has 0 aromatic carbocycles. The molecule has 5 rings (SSSR count). The lowest BCUT2D eigenvalue weighted by Gasteiger charge is -2.29. The number of hydrogen-bond donors (Lipinski definition) is 4. The Morgan fingerprint density at radius 1 is 1.10 bits per heavy atom. The Kier molecular flexibility index (Phi) is 4.46. The molecule has 0 unspecified atom stereocenters. The summed E-state index contributed by atoms with van der Waals surface area (Å²) in [5, 5.41) is 20.7. The van der Waals surface area contributed by atoms with Crippen LogP contribution in [0.1, 0.15) is 37.1 Å². The standard InChI is InChI=1S/C17H20N10O3S/c1-8-7-9(2)26(24-8)14-21-17(11(28)18-15(30)19-12(17)29)20-13-22-23-16(27(13)25-14)31-10-5-3-4-6-10/h7,10H,3-6H2,1-2H3,(H,20,22)(H,21,25)(H2,18,19,28,29,30). The minimum absolute atomic E-state index is 0.101. The van der Waals surface area contributed by atoms with Gasteiger partial charge in [0.2, 0.25) is 17.1 Å². The Balaban J connectivity index is 1.63. The van der Waals surface area contributed by atoms with E-state index in [2.05, 4.69) is 41.7 Å².